The minimum Gasteiger partial charge on any atom is -0.350 e. The minimum atomic E-state index is -0.0327. The van der Waals surface area contributed by atoms with E-state index in [0.29, 0.717) is 29.3 Å². The molecule has 188 valence electrons. The Morgan fingerprint density at radius 1 is 1.11 bits per heavy atom. The van der Waals surface area contributed by atoms with Crippen LogP contribution >= 0.6 is 11.3 Å². The molecule has 1 unspecified atom stereocenters. The van der Waals surface area contributed by atoms with Crippen LogP contribution < -0.4 is 15.8 Å². The number of rotatable bonds is 6. The van der Waals surface area contributed by atoms with E-state index in [1.807, 2.05) is 41.0 Å². The van der Waals surface area contributed by atoms with Crippen molar-refractivity contribution in [3.63, 3.8) is 0 Å². The lowest BCUT2D eigenvalue weighted by Crippen LogP contribution is -2.47. The van der Waals surface area contributed by atoms with Gasteiger partial charge in [0.2, 0.25) is 0 Å². The molecule has 1 amide bonds. The number of hydrogen-bond donors (Lipinski definition) is 1. The summed E-state index contributed by atoms with van der Waals surface area (Å²) in [4.78, 5) is 36.4. The Kier molecular flexibility index (Phi) is 6.39. The second kappa shape index (κ2) is 9.82. The lowest BCUT2D eigenvalue weighted by Gasteiger charge is -2.42. The van der Waals surface area contributed by atoms with Crippen LogP contribution in [0.2, 0.25) is 0 Å². The Balaban J connectivity index is 1.27. The van der Waals surface area contributed by atoms with E-state index in [1.165, 1.54) is 17.8 Å². The summed E-state index contributed by atoms with van der Waals surface area (Å²) < 4.78 is 1.95. The number of amides is 1. The zero-order valence-electron chi connectivity index (χ0n) is 20.7. The van der Waals surface area contributed by atoms with Crippen LogP contribution in [0.15, 0.2) is 53.3 Å². The van der Waals surface area contributed by atoms with Crippen LogP contribution in [0.3, 0.4) is 0 Å². The van der Waals surface area contributed by atoms with E-state index in [2.05, 4.69) is 28.1 Å². The van der Waals surface area contributed by atoms with E-state index in [4.69, 9.17) is 4.98 Å². The highest BCUT2D eigenvalue weighted by atomic mass is 32.1. The molecular formula is C28H33N5O2S. The van der Waals surface area contributed by atoms with Crippen molar-refractivity contribution >= 4 is 22.4 Å². The highest BCUT2D eigenvalue weighted by Crippen LogP contribution is 2.40. The molecule has 5 heterocycles. The number of carbonyl (C=O) groups is 1. The molecule has 0 saturated carbocycles. The van der Waals surface area contributed by atoms with Gasteiger partial charge in [-0.05, 0) is 44.3 Å². The van der Waals surface area contributed by atoms with Gasteiger partial charge in [-0.2, -0.15) is 0 Å². The Morgan fingerprint density at radius 2 is 1.97 bits per heavy atom. The van der Waals surface area contributed by atoms with Crippen molar-refractivity contribution in [2.24, 2.45) is 5.92 Å². The zero-order valence-corrected chi connectivity index (χ0v) is 21.5. The van der Waals surface area contributed by atoms with Gasteiger partial charge in [-0.3, -0.25) is 14.5 Å². The number of likely N-dealkylation sites (tertiary alicyclic amines) is 1. The van der Waals surface area contributed by atoms with Gasteiger partial charge in [-0.15, -0.1) is 0 Å². The quantitative estimate of drug-likeness (QED) is 0.554. The molecule has 2 fully saturated rings. The normalized spacial score (nSPS) is 23.5. The Labute approximate surface area is 215 Å². The molecule has 3 atom stereocenters. The molecule has 7 nitrogen and oxygen atoms in total. The van der Waals surface area contributed by atoms with Crippen LogP contribution in [0.1, 0.15) is 47.5 Å². The molecule has 1 N–H and O–H groups in total. The molecule has 2 aromatic heterocycles. The van der Waals surface area contributed by atoms with Crippen molar-refractivity contribution in [3.8, 4) is 11.3 Å². The molecule has 0 spiro atoms. The first-order valence-electron chi connectivity index (χ1n) is 13.1. The predicted octanol–water partition coefficient (Wildman–Crippen LogP) is 3.81. The first kappa shape index (κ1) is 23.4. The number of pyridine rings is 1. The van der Waals surface area contributed by atoms with Gasteiger partial charge in [0.15, 0.2) is 5.13 Å². The van der Waals surface area contributed by atoms with Crippen LogP contribution in [0, 0.1) is 5.92 Å². The van der Waals surface area contributed by atoms with Crippen LogP contribution in [-0.2, 0) is 6.54 Å². The maximum absolute atomic E-state index is 13.5. The number of piperidine rings is 1. The van der Waals surface area contributed by atoms with Gasteiger partial charge < -0.3 is 14.8 Å². The third kappa shape index (κ3) is 4.37. The molecule has 2 saturated heterocycles. The summed E-state index contributed by atoms with van der Waals surface area (Å²) >= 11 is 1.50. The lowest BCUT2D eigenvalue weighted by atomic mass is 9.83. The number of aromatic nitrogens is 2. The lowest BCUT2D eigenvalue weighted by molar-refractivity contribution is 0.0946. The van der Waals surface area contributed by atoms with Gasteiger partial charge in [0, 0.05) is 55.5 Å². The van der Waals surface area contributed by atoms with Crippen molar-refractivity contribution in [1.82, 2.24) is 19.8 Å². The Morgan fingerprint density at radius 3 is 2.81 bits per heavy atom. The summed E-state index contributed by atoms with van der Waals surface area (Å²) in [6.07, 6.45) is 3.43. The van der Waals surface area contributed by atoms with Gasteiger partial charge in [0.25, 0.3) is 11.5 Å². The molecule has 0 radical (unpaired) electrons. The van der Waals surface area contributed by atoms with E-state index in [1.54, 1.807) is 6.07 Å². The van der Waals surface area contributed by atoms with E-state index in [-0.39, 0.29) is 11.5 Å². The number of benzene rings is 1. The Hall–Kier alpha value is -2.97. The minimum absolute atomic E-state index is 0.0327. The van der Waals surface area contributed by atoms with Gasteiger partial charge in [0.05, 0.1) is 5.69 Å². The third-order valence-corrected chi connectivity index (χ3v) is 9.14. The first-order chi connectivity index (χ1) is 17.6. The molecular weight excluding hydrogens is 470 g/mol. The van der Waals surface area contributed by atoms with Gasteiger partial charge in [0.1, 0.15) is 4.88 Å². The second-order valence-electron chi connectivity index (χ2n) is 10.3. The number of carbonyl (C=O) groups excluding carboxylic acids is 1. The summed E-state index contributed by atoms with van der Waals surface area (Å²) in [6.45, 7) is 7.42. The van der Waals surface area contributed by atoms with Gasteiger partial charge in [-0.1, -0.05) is 54.7 Å². The smallest absolute Gasteiger partial charge is 0.263 e. The van der Waals surface area contributed by atoms with Crippen molar-refractivity contribution in [2.75, 3.05) is 37.6 Å². The highest BCUT2D eigenvalue weighted by Gasteiger charge is 2.36. The van der Waals surface area contributed by atoms with Gasteiger partial charge >= 0.3 is 0 Å². The predicted molar refractivity (Wildman–Crippen MR) is 144 cm³/mol. The van der Waals surface area contributed by atoms with E-state index in [9.17, 15) is 9.59 Å². The summed E-state index contributed by atoms with van der Waals surface area (Å²) in [6, 6.07) is 16.1. The zero-order chi connectivity index (χ0) is 24.6. The maximum atomic E-state index is 13.5. The third-order valence-electron chi connectivity index (χ3n) is 8.02. The number of thiazole rings is 1. The van der Waals surface area contributed by atoms with Gasteiger partial charge in [-0.25, -0.2) is 4.98 Å². The van der Waals surface area contributed by atoms with Crippen molar-refractivity contribution in [3.05, 3.63) is 69.5 Å². The summed E-state index contributed by atoms with van der Waals surface area (Å²) in [5.41, 5.74) is 2.95. The van der Waals surface area contributed by atoms with Crippen LogP contribution in [0.25, 0.3) is 11.3 Å². The number of nitrogens with zero attached hydrogens (tertiary/aromatic N) is 4. The first-order valence-corrected chi connectivity index (χ1v) is 14.0. The van der Waals surface area contributed by atoms with E-state index >= 15 is 0 Å². The molecule has 8 heteroatoms. The molecule has 1 aromatic carbocycles. The maximum Gasteiger partial charge on any atom is 0.263 e. The van der Waals surface area contributed by atoms with Crippen LogP contribution in [0.5, 0.6) is 0 Å². The fraction of sp³-hybridized carbons (Fsp3) is 0.464. The number of hydrogen-bond acceptors (Lipinski definition) is 6. The topological polar surface area (TPSA) is 70.5 Å². The number of nitrogens with one attached hydrogen (secondary N) is 1. The average Bonchev–Trinajstić information content (AvgIpc) is 3.56. The molecule has 3 aliphatic heterocycles. The number of likely N-dealkylation sites (N-methyl/N-ethyl adjacent to an activating group) is 1. The summed E-state index contributed by atoms with van der Waals surface area (Å²) in [7, 11) is 0. The van der Waals surface area contributed by atoms with Crippen LogP contribution in [0.4, 0.5) is 5.13 Å². The molecule has 0 aliphatic carbocycles. The molecule has 3 aromatic rings. The van der Waals surface area contributed by atoms with Crippen molar-refractivity contribution in [1.29, 1.82) is 0 Å². The molecule has 3 aliphatic rings. The Bertz CT molecular complexity index is 1300. The molecule has 2 bridgehead atoms. The van der Waals surface area contributed by atoms with E-state index in [0.717, 1.165) is 67.6 Å². The number of fused-ring (bicyclic) bond motifs is 4. The highest BCUT2D eigenvalue weighted by molar-refractivity contribution is 7.18. The van der Waals surface area contributed by atoms with Crippen LogP contribution in [-0.4, -0.2) is 59.1 Å². The van der Waals surface area contributed by atoms with E-state index < -0.39 is 0 Å². The second-order valence-corrected chi connectivity index (χ2v) is 11.3. The van der Waals surface area contributed by atoms with Crippen molar-refractivity contribution < 1.29 is 4.79 Å². The SMILES string of the molecule is CCN1CCCC1CNC(=O)c1sc(N2C[C@H]3C[C@@H](C2)c2cccc(=O)n2C3)nc1-c1ccccc1. The average molecular weight is 504 g/mol. The largest absolute Gasteiger partial charge is 0.350 e. The van der Waals surface area contributed by atoms with Crippen molar-refractivity contribution in [2.45, 2.75) is 44.7 Å². The summed E-state index contributed by atoms with van der Waals surface area (Å²) in [5.74, 6) is 0.671. The monoisotopic (exact) mass is 503 g/mol. The molecule has 36 heavy (non-hydrogen) atoms. The fourth-order valence-corrected chi connectivity index (χ4v) is 7.30. The number of anilines is 1. The fourth-order valence-electron chi connectivity index (χ4n) is 6.28. The summed E-state index contributed by atoms with van der Waals surface area (Å²) in [5, 5.41) is 4.12. The standard InChI is InChI=1S/C28H33N5O2S/c1-2-31-13-7-10-22(31)15-29-27(35)26-25(20-8-4-3-5-9-20)30-28(36-26)32-16-19-14-21(18-32)23-11-6-12-24(34)33(23)17-19/h3-6,8-9,11-12,19,21-22H,2,7,10,13-18H2,1H3,(H,29,35)/t19-,21+,22?/m1/s1. The molecule has 6 rings (SSSR count).